The van der Waals surface area contributed by atoms with Crippen molar-refractivity contribution in [3.05, 3.63) is 47.0 Å². The van der Waals surface area contributed by atoms with Gasteiger partial charge in [0, 0.05) is 12.2 Å². The van der Waals surface area contributed by atoms with E-state index in [9.17, 15) is 9.59 Å². The summed E-state index contributed by atoms with van der Waals surface area (Å²) in [5.41, 5.74) is 3.87. The van der Waals surface area contributed by atoms with Gasteiger partial charge in [0.15, 0.2) is 0 Å². The molecule has 3 nitrogen and oxygen atoms in total. The molecule has 2 atom stereocenters. The predicted octanol–water partition coefficient (Wildman–Crippen LogP) is 3.58. The number of amides is 2. The minimum absolute atomic E-state index is 0.0762. The molecule has 1 aromatic carbocycles. The third-order valence-electron chi connectivity index (χ3n) is 4.81. The molecule has 3 heteroatoms. The van der Waals surface area contributed by atoms with Gasteiger partial charge in [-0.3, -0.25) is 14.5 Å². The summed E-state index contributed by atoms with van der Waals surface area (Å²) >= 11 is 0. The van der Waals surface area contributed by atoms with Crippen LogP contribution in [0.5, 0.6) is 0 Å². The highest BCUT2D eigenvalue weighted by molar-refractivity contribution is 6.13. The second-order valence-electron chi connectivity index (χ2n) is 6.32. The summed E-state index contributed by atoms with van der Waals surface area (Å²) in [5.74, 6) is 0.0383. The molecular formula is C19H23NO2. The zero-order valence-electron chi connectivity index (χ0n) is 13.3. The van der Waals surface area contributed by atoms with E-state index >= 15 is 0 Å². The van der Waals surface area contributed by atoms with E-state index in [4.69, 9.17) is 0 Å². The monoisotopic (exact) mass is 297 g/mol. The van der Waals surface area contributed by atoms with Crippen molar-refractivity contribution in [3.8, 4) is 0 Å². The van der Waals surface area contributed by atoms with Crippen LogP contribution in [0.4, 0.5) is 0 Å². The second kappa shape index (κ2) is 6.07. The van der Waals surface area contributed by atoms with Gasteiger partial charge in [-0.1, -0.05) is 44.9 Å². The molecule has 1 heterocycles. The third kappa shape index (κ3) is 2.39. The summed E-state index contributed by atoms with van der Waals surface area (Å²) in [4.78, 5) is 25.9. The van der Waals surface area contributed by atoms with Crippen LogP contribution in [0, 0.1) is 5.92 Å². The summed E-state index contributed by atoms with van der Waals surface area (Å²) in [7, 11) is 0. The van der Waals surface area contributed by atoms with Crippen LogP contribution in [0.3, 0.4) is 0 Å². The van der Waals surface area contributed by atoms with Gasteiger partial charge in [0.2, 0.25) is 0 Å². The number of hydrogen-bond acceptors (Lipinski definition) is 2. The molecule has 0 fully saturated rings. The molecule has 1 aliphatic heterocycles. The van der Waals surface area contributed by atoms with E-state index < -0.39 is 0 Å². The summed E-state index contributed by atoms with van der Waals surface area (Å²) < 4.78 is 0. The van der Waals surface area contributed by atoms with Crippen molar-refractivity contribution in [1.82, 2.24) is 4.90 Å². The Morgan fingerprint density at radius 2 is 1.82 bits per heavy atom. The maximum absolute atomic E-state index is 12.2. The van der Waals surface area contributed by atoms with Gasteiger partial charge in [-0.15, -0.1) is 0 Å². The van der Waals surface area contributed by atoms with Crippen LogP contribution in [0.1, 0.15) is 55.8 Å². The van der Waals surface area contributed by atoms with Gasteiger partial charge in [0.05, 0.1) is 6.04 Å². The molecule has 0 saturated heterocycles. The van der Waals surface area contributed by atoms with Crippen molar-refractivity contribution in [2.24, 2.45) is 5.92 Å². The molecule has 1 aliphatic carbocycles. The number of benzene rings is 1. The lowest BCUT2D eigenvalue weighted by Gasteiger charge is -2.30. The van der Waals surface area contributed by atoms with Crippen molar-refractivity contribution in [2.75, 3.05) is 0 Å². The lowest BCUT2D eigenvalue weighted by Crippen LogP contribution is -2.37. The lowest BCUT2D eigenvalue weighted by atomic mass is 9.91. The summed E-state index contributed by atoms with van der Waals surface area (Å²) in [6.07, 6.45) is 7.98. The van der Waals surface area contributed by atoms with Gasteiger partial charge in [0.1, 0.15) is 0 Å². The predicted molar refractivity (Wildman–Crippen MR) is 86.3 cm³/mol. The number of rotatable bonds is 5. The number of imide groups is 1. The van der Waals surface area contributed by atoms with Gasteiger partial charge >= 0.3 is 0 Å². The van der Waals surface area contributed by atoms with Gasteiger partial charge in [-0.25, -0.2) is 0 Å². The number of hydrogen-bond donors (Lipinski definition) is 0. The molecular weight excluding hydrogens is 274 g/mol. The summed E-state index contributed by atoms with van der Waals surface area (Å²) in [5, 5.41) is 0. The fourth-order valence-corrected chi connectivity index (χ4v) is 4.00. The van der Waals surface area contributed by atoms with Gasteiger partial charge in [-0.2, -0.15) is 0 Å². The van der Waals surface area contributed by atoms with Crippen LogP contribution >= 0.6 is 0 Å². The van der Waals surface area contributed by atoms with E-state index in [2.05, 4.69) is 32.0 Å². The van der Waals surface area contributed by atoms with Gasteiger partial charge in [-0.05, 0) is 41.9 Å². The molecule has 2 amide bonds. The summed E-state index contributed by atoms with van der Waals surface area (Å²) in [6, 6.07) is 6.35. The van der Waals surface area contributed by atoms with E-state index in [-0.39, 0.29) is 17.9 Å². The average Bonchev–Trinajstić information content (AvgIpc) is 3.01. The quantitative estimate of drug-likeness (QED) is 0.779. The van der Waals surface area contributed by atoms with Crippen molar-refractivity contribution >= 4 is 11.8 Å². The molecule has 1 aromatic rings. The maximum atomic E-state index is 12.2. The second-order valence-corrected chi connectivity index (χ2v) is 6.32. The minimum atomic E-state index is -0.157. The Balaban J connectivity index is 2.06. The Bertz CT molecular complexity index is 614. The molecule has 0 unspecified atom stereocenters. The Hall–Kier alpha value is -1.90. The van der Waals surface area contributed by atoms with E-state index in [1.165, 1.54) is 33.7 Å². The summed E-state index contributed by atoms with van der Waals surface area (Å²) in [6.45, 7) is 4.33. The van der Waals surface area contributed by atoms with Gasteiger partial charge < -0.3 is 0 Å². The maximum Gasteiger partial charge on any atom is 0.254 e. The molecule has 0 radical (unpaired) electrons. The molecule has 0 aromatic heterocycles. The Morgan fingerprint density at radius 3 is 2.45 bits per heavy atom. The average molecular weight is 297 g/mol. The molecule has 0 bridgehead atoms. The first-order valence-corrected chi connectivity index (χ1v) is 8.33. The molecule has 2 aliphatic rings. The number of fused-ring (bicyclic) bond motifs is 1. The first kappa shape index (κ1) is 15.0. The lowest BCUT2D eigenvalue weighted by molar-refractivity contribution is -0.140. The molecule has 0 N–H and O–H groups in total. The molecule has 3 rings (SSSR count). The highest BCUT2D eigenvalue weighted by atomic mass is 16.2. The molecule has 22 heavy (non-hydrogen) atoms. The zero-order valence-corrected chi connectivity index (χ0v) is 13.3. The van der Waals surface area contributed by atoms with Gasteiger partial charge in [0.25, 0.3) is 11.8 Å². The Labute approximate surface area is 132 Å². The van der Waals surface area contributed by atoms with Crippen molar-refractivity contribution in [1.29, 1.82) is 0 Å². The highest BCUT2D eigenvalue weighted by Gasteiger charge is 2.42. The standard InChI is InChI=1S/C19H23NO2/c1-3-6-13-8-5-9-14-12-15(7-4-2)19(18(13)14)20-16(21)10-11-17(20)22/h5,8-11,15,19H,3-4,6-7,12H2,1-2H3/t15-,19-/m0/s1. The fourth-order valence-electron chi connectivity index (χ4n) is 4.00. The van der Waals surface area contributed by atoms with Crippen molar-refractivity contribution < 1.29 is 9.59 Å². The fraction of sp³-hybridized carbons (Fsp3) is 0.474. The van der Waals surface area contributed by atoms with Crippen molar-refractivity contribution in [2.45, 2.75) is 52.0 Å². The Morgan fingerprint density at radius 1 is 1.09 bits per heavy atom. The smallest absolute Gasteiger partial charge is 0.254 e. The van der Waals surface area contributed by atoms with Crippen LogP contribution in [0.25, 0.3) is 0 Å². The van der Waals surface area contributed by atoms with Crippen LogP contribution in [-0.2, 0) is 22.4 Å². The molecule has 0 saturated carbocycles. The van der Waals surface area contributed by atoms with Crippen LogP contribution in [0.15, 0.2) is 30.4 Å². The van der Waals surface area contributed by atoms with E-state index in [0.29, 0.717) is 5.92 Å². The van der Waals surface area contributed by atoms with Crippen LogP contribution in [-0.4, -0.2) is 16.7 Å². The molecule has 0 spiro atoms. The Kier molecular flexibility index (Phi) is 4.14. The number of carbonyl (C=O) groups excluding carboxylic acids is 2. The zero-order chi connectivity index (χ0) is 15.7. The number of nitrogens with zero attached hydrogens (tertiary/aromatic N) is 1. The highest BCUT2D eigenvalue weighted by Crippen LogP contribution is 2.45. The van der Waals surface area contributed by atoms with Crippen LogP contribution in [0.2, 0.25) is 0 Å². The van der Waals surface area contributed by atoms with Crippen molar-refractivity contribution in [3.63, 3.8) is 0 Å². The minimum Gasteiger partial charge on any atom is -0.269 e. The first-order valence-electron chi connectivity index (χ1n) is 8.33. The topological polar surface area (TPSA) is 37.4 Å². The number of aryl methyl sites for hydroxylation is 1. The number of carbonyl (C=O) groups is 2. The van der Waals surface area contributed by atoms with Crippen LogP contribution < -0.4 is 0 Å². The van der Waals surface area contributed by atoms with E-state index in [1.54, 1.807) is 0 Å². The first-order chi connectivity index (χ1) is 10.7. The van der Waals surface area contributed by atoms with E-state index in [1.807, 2.05) is 0 Å². The van der Waals surface area contributed by atoms with E-state index in [0.717, 1.165) is 32.1 Å². The SMILES string of the molecule is CCCc1cccc2c1[C@@H](N1C(=O)C=CC1=O)[C@@H](CCC)C2. The largest absolute Gasteiger partial charge is 0.269 e. The third-order valence-corrected chi connectivity index (χ3v) is 4.81. The molecule has 116 valence electrons. The normalized spacial score (nSPS) is 23.5.